The molecule has 0 aliphatic rings. The summed E-state index contributed by atoms with van der Waals surface area (Å²) in [5.41, 5.74) is -8.01. The molecule has 24 heteroatoms. The number of benzene rings is 4. The zero-order valence-corrected chi connectivity index (χ0v) is 32.7. The van der Waals surface area contributed by atoms with E-state index in [1.165, 1.54) is 62.4 Å². The van der Waals surface area contributed by atoms with E-state index in [0.717, 1.165) is 12.1 Å². The lowest BCUT2D eigenvalue weighted by molar-refractivity contribution is -0.137. The molecule has 0 spiro atoms. The molecule has 2 aromatic heterocycles. The van der Waals surface area contributed by atoms with Crippen LogP contribution in [-0.4, -0.2) is 59.6 Å². The number of carbonyl (C=O) groups excluding carboxylic acids is 1. The topological polar surface area (TPSA) is 239 Å². The van der Waals surface area contributed by atoms with Crippen molar-refractivity contribution in [3.8, 4) is 22.3 Å². The second kappa shape index (κ2) is 15.9. The minimum Gasteiger partial charge on any atom is -0.389 e. The Labute approximate surface area is 332 Å². The predicted molar refractivity (Wildman–Crippen MR) is 208 cm³/mol. The molecule has 2 heterocycles. The average Bonchev–Trinajstić information content (AvgIpc) is 3.13. The van der Waals surface area contributed by atoms with E-state index in [2.05, 4.69) is 9.97 Å². The first-order valence-electron chi connectivity index (χ1n) is 16.7. The van der Waals surface area contributed by atoms with E-state index in [1.54, 1.807) is 9.66 Å². The highest BCUT2D eigenvalue weighted by atomic mass is 32.2. The van der Waals surface area contributed by atoms with Crippen molar-refractivity contribution >= 4 is 47.6 Å². The highest BCUT2D eigenvalue weighted by Gasteiger charge is 2.36. The molecule has 60 heavy (non-hydrogen) atoms. The van der Waals surface area contributed by atoms with Crippen LogP contribution in [0.1, 0.15) is 47.0 Å². The van der Waals surface area contributed by atoms with Crippen molar-refractivity contribution in [3.05, 3.63) is 137 Å². The standard InChI is InChI=1S/C18H16F3N3O5S.C18H14F3N3O5S/c2*1-9(25)10-4-3-5-11(6-10)12-7-13-15(8-14(12)18(19,20)21)22-17(27)24(16(13)26)23-30(2,28)29/h3-9,23,25H,1-2H3,(H,22,27);3-8,23H,1-2H3,(H,22,27). The smallest absolute Gasteiger partial charge is 0.389 e. The first-order chi connectivity index (χ1) is 27.6. The highest BCUT2D eigenvalue weighted by Crippen LogP contribution is 2.40. The minimum atomic E-state index is -4.84. The quantitative estimate of drug-likeness (QED) is 0.109. The summed E-state index contributed by atoms with van der Waals surface area (Å²) in [6.45, 7) is 2.70. The normalized spacial score (nSPS) is 12.8. The lowest BCUT2D eigenvalue weighted by Gasteiger charge is -2.16. The van der Waals surface area contributed by atoms with E-state index < -0.39 is 88.7 Å². The summed E-state index contributed by atoms with van der Waals surface area (Å²) in [5.74, 6) is -0.366. The molecule has 0 saturated carbocycles. The predicted octanol–water partition coefficient (Wildman–Crippen LogP) is 4.01. The molecule has 0 radical (unpaired) electrons. The minimum absolute atomic E-state index is 0.0187. The molecule has 5 N–H and O–H groups in total. The van der Waals surface area contributed by atoms with Gasteiger partial charge in [-0.3, -0.25) is 14.4 Å². The lowest BCUT2D eigenvalue weighted by Crippen LogP contribution is -2.43. The highest BCUT2D eigenvalue weighted by molar-refractivity contribution is 7.91. The third-order valence-corrected chi connectivity index (χ3v) is 9.49. The maximum Gasteiger partial charge on any atom is 0.417 e. The maximum absolute atomic E-state index is 13.7. The first-order valence-corrected chi connectivity index (χ1v) is 20.5. The molecule has 318 valence electrons. The van der Waals surface area contributed by atoms with Crippen molar-refractivity contribution in [2.24, 2.45) is 0 Å². The Kier molecular flexibility index (Phi) is 11.8. The molecule has 1 unspecified atom stereocenters. The summed E-state index contributed by atoms with van der Waals surface area (Å²) in [5, 5.41) is 9.04. The van der Waals surface area contributed by atoms with Crippen molar-refractivity contribution in [1.29, 1.82) is 0 Å². The van der Waals surface area contributed by atoms with Crippen molar-refractivity contribution < 1.29 is 53.1 Å². The molecule has 0 amide bonds. The number of fused-ring (bicyclic) bond motifs is 2. The fourth-order valence-corrected chi connectivity index (χ4v) is 6.84. The summed E-state index contributed by atoms with van der Waals surface area (Å²) in [7, 11) is -8.04. The van der Waals surface area contributed by atoms with Crippen LogP contribution >= 0.6 is 0 Å². The molecular weight excluding hydrogens is 855 g/mol. The lowest BCUT2D eigenvalue weighted by atomic mass is 9.95. The van der Waals surface area contributed by atoms with Gasteiger partial charge in [0.25, 0.3) is 11.1 Å². The van der Waals surface area contributed by atoms with Crippen LogP contribution in [0.2, 0.25) is 0 Å². The van der Waals surface area contributed by atoms with Crippen LogP contribution in [0.3, 0.4) is 0 Å². The fraction of sp³-hybridized carbons (Fsp3) is 0.194. The molecule has 0 aliphatic carbocycles. The van der Waals surface area contributed by atoms with E-state index in [-0.39, 0.29) is 48.2 Å². The van der Waals surface area contributed by atoms with E-state index >= 15 is 0 Å². The summed E-state index contributed by atoms with van der Waals surface area (Å²) in [6, 6.07) is 14.2. The van der Waals surface area contributed by atoms with Crippen LogP contribution in [0.15, 0.2) is 92.0 Å². The number of hydrogen-bond acceptors (Lipinski definition) is 10. The Balaban J connectivity index is 0.000000228. The molecule has 0 aliphatic heterocycles. The number of sulfonamides is 2. The van der Waals surface area contributed by atoms with Gasteiger partial charge in [0.1, 0.15) is 0 Å². The van der Waals surface area contributed by atoms with E-state index in [9.17, 15) is 72.3 Å². The van der Waals surface area contributed by atoms with Crippen LogP contribution in [-0.2, 0) is 32.4 Å². The SMILES string of the molecule is CC(=O)c1cccc(-c2cc3c(=O)n(NS(C)(=O)=O)c(=O)[nH]c3cc2C(F)(F)F)c1.CC(O)c1cccc(-c2cc3c(=O)n(NS(C)(=O)=O)c(=O)[nH]c3cc2C(F)(F)F)c1. The second-order valence-electron chi connectivity index (χ2n) is 13.2. The second-order valence-corrected chi connectivity index (χ2v) is 16.6. The third kappa shape index (κ3) is 9.83. The molecule has 0 saturated heterocycles. The van der Waals surface area contributed by atoms with E-state index in [0.29, 0.717) is 30.2 Å². The summed E-state index contributed by atoms with van der Waals surface area (Å²) in [6.07, 6.45) is -9.18. The molecule has 1 atom stereocenters. The van der Waals surface area contributed by atoms with Crippen molar-refractivity contribution in [2.45, 2.75) is 32.3 Å². The van der Waals surface area contributed by atoms with Crippen molar-refractivity contribution in [2.75, 3.05) is 22.2 Å². The van der Waals surface area contributed by atoms with E-state index in [4.69, 9.17) is 0 Å². The van der Waals surface area contributed by atoms with E-state index in [1.807, 2.05) is 0 Å². The largest absolute Gasteiger partial charge is 0.417 e. The van der Waals surface area contributed by atoms with Gasteiger partial charge in [-0.25, -0.2) is 36.1 Å². The monoisotopic (exact) mass is 884 g/mol. The first kappa shape index (κ1) is 44.6. The number of alkyl halides is 6. The van der Waals surface area contributed by atoms with Gasteiger partial charge >= 0.3 is 23.7 Å². The molecule has 0 fully saturated rings. The number of rotatable bonds is 8. The number of H-pyrrole nitrogens is 2. The molecule has 16 nitrogen and oxygen atoms in total. The molecule has 4 aromatic carbocycles. The zero-order valence-electron chi connectivity index (χ0n) is 31.1. The summed E-state index contributed by atoms with van der Waals surface area (Å²) >= 11 is 0. The van der Waals surface area contributed by atoms with Gasteiger partial charge in [0.05, 0.1) is 51.5 Å². The van der Waals surface area contributed by atoms with Crippen LogP contribution in [0.5, 0.6) is 0 Å². The van der Waals surface area contributed by atoms with Crippen LogP contribution in [0.25, 0.3) is 44.1 Å². The van der Waals surface area contributed by atoms with Gasteiger partial charge in [-0.15, -0.1) is 0 Å². The fourth-order valence-electron chi connectivity index (χ4n) is 5.84. The van der Waals surface area contributed by atoms with Crippen molar-refractivity contribution in [1.82, 2.24) is 19.3 Å². The Morgan fingerprint density at radius 3 is 1.43 bits per heavy atom. The Morgan fingerprint density at radius 1 is 0.667 bits per heavy atom. The van der Waals surface area contributed by atoms with Gasteiger partial charge in [0.15, 0.2) is 5.78 Å². The molecule has 6 aromatic rings. The average molecular weight is 885 g/mol. The maximum atomic E-state index is 13.7. The van der Waals surface area contributed by atoms with Gasteiger partial charge in [-0.2, -0.15) is 35.7 Å². The van der Waals surface area contributed by atoms with Gasteiger partial charge < -0.3 is 15.1 Å². The number of nitrogens with one attached hydrogen (secondary N) is 4. The number of hydrogen-bond donors (Lipinski definition) is 5. The number of halogens is 6. The number of aromatic amines is 2. The zero-order chi connectivity index (χ0) is 44.9. The summed E-state index contributed by atoms with van der Waals surface area (Å²) < 4.78 is 128. The van der Waals surface area contributed by atoms with Gasteiger partial charge in [0.2, 0.25) is 20.0 Å². The number of aromatic nitrogens is 4. The molecular formula is C36H30F6N6O10S2. The Morgan fingerprint density at radius 2 is 1.07 bits per heavy atom. The number of carbonyl (C=O) groups is 1. The van der Waals surface area contributed by atoms with Crippen LogP contribution in [0, 0.1) is 0 Å². The number of aliphatic hydroxyl groups excluding tert-OH is 1. The Bertz CT molecular complexity index is 3190. The molecule has 0 bridgehead atoms. The molecule has 6 rings (SSSR count). The van der Waals surface area contributed by atoms with Crippen molar-refractivity contribution in [3.63, 3.8) is 0 Å². The van der Waals surface area contributed by atoms with Gasteiger partial charge in [-0.05, 0) is 78.1 Å². The third-order valence-electron chi connectivity index (χ3n) is 8.46. The summed E-state index contributed by atoms with van der Waals surface area (Å²) in [4.78, 5) is 68.5. The van der Waals surface area contributed by atoms with Gasteiger partial charge in [-0.1, -0.05) is 36.4 Å². The van der Waals surface area contributed by atoms with Crippen LogP contribution in [0.4, 0.5) is 26.3 Å². The van der Waals surface area contributed by atoms with Gasteiger partial charge in [0, 0.05) is 5.56 Å². The Hall–Kier alpha value is -6.53. The number of ketones is 1. The van der Waals surface area contributed by atoms with Crippen LogP contribution < -0.4 is 32.2 Å². The number of nitrogens with zero attached hydrogens (tertiary/aromatic N) is 2. The number of aliphatic hydroxyl groups is 1. The number of Topliss-reactive ketones (excluding diaryl/α,β-unsaturated/α-hetero) is 1.